The average molecular weight is 307 g/mol. The second kappa shape index (κ2) is 5.53. The van der Waals surface area contributed by atoms with Crippen LogP contribution in [-0.4, -0.2) is 18.4 Å². The van der Waals surface area contributed by atoms with Crippen molar-refractivity contribution in [3.8, 4) is 6.07 Å². The maximum atomic E-state index is 11.7. The van der Waals surface area contributed by atoms with Gasteiger partial charge in [-0.05, 0) is 60.3 Å². The molecule has 0 bridgehead atoms. The Balaban J connectivity index is 2.32. The van der Waals surface area contributed by atoms with Gasteiger partial charge in [-0.3, -0.25) is 4.79 Å². The van der Waals surface area contributed by atoms with E-state index in [1.807, 2.05) is 12.1 Å². The molecule has 18 heavy (non-hydrogen) atoms. The average Bonchev–Trinajstić information content (AvgIpc) is 2.38. The molecule has 1 heterocycles. The Morgan fingerprint density at radius 2 is 2.28 bits per heavy atom. The molecule has 1 saturated heterocycles. The molecule has 0 aromatic heterocycles. The van der Waals surface area contributed by atoms with Crippen LogP contribution in [0.5, 0.6) is 0 Å². The van der Waals surface area contributed by atoms with Crippen molar-refractivity contribution in [3.63, 3.8) is 0 Å². The van der Waals surface area contributed by atoms with Gasteiger partial charge in [0.25, 0.3) is 0 Å². The molecule has 1 aromatic rings. The van der Waals surface area contributed by atoms with Crippen molar-refractivity contribution in [1.82, 2.24) is 0 Å². The zero-order valence-corrected chi connectivity index (χ0v) is 11.9. The lowest BCUT2D eigenvalue weighted by Gasteiger charge is -2.36. The fourth-order valence-corrected chi connectivity index (χ4v) is 2.89. The molecule has 0 saturated carbocycles. The Morgan fingerprint density at radius 3 is 2.89 bits per heavy atom. The fourth-order valence-electron chi connectivity index (χ4n) is 2.44. The number of nitrogens with zero attached hydrogens (tertiary/aromatic N) is 2. The van der Waals surface area contributed by atoms with Gasteiger partial charge in [0.2, 0.25) is 0 Å². The van der Waals surface area contributed by atoms with E-state index >= 15 is 0 Å². The lowest BCUT2D eigenvalue weighted by Crippen LogP contribution is -2.43. The summed E-state index contributed by atoms with van der Waals surface area (Å²) in [5.74, 6) is 0.218. The van der Waals surface area contributed by atoms with Gasteiger partial charge in [0.05, 0.1) is 11.6 Å². The summed E-state index contributed by atoms with van der Waals surface area (Å²) < 4.78 is 0.787. The SMILES string of the molecule is CC(=O)C1CCCCN1c1ccc(C#N)c(Br)c1. The van der Waals surface area contributed by atoms with Crippen LogP contribution >= 0.6 is 15.9 Å². The van der Waals surface area contributed by atoms with E-state index < -0.39 is 0 Å². The molecule has 1 unspecified atom stereocenters. The third-order valence-electron chi connectivity index (χ3n) is 3.38. The molecule has 0 amide bonds. The van der Waals surface area contributed by atoms with Crippen molar-refractivity contribution in [1.29, 1.82) is 5.26 Å². The van der Waals surface area contributed by atoms with E-state index in [2.05, 4.69) is 26.9 Å². The number of carbonyl (C=O) groups excluding carboxylic acids is 1. The predicted octanol–water partition coefficient (Wildman–Crippen LogP) is 3.27. The molecule has 2 rings (SSSR count). The number of halogens is 1. The maximum absolute atomic E-state index is 11.7. The molecule has 1 atom stereocenters. The Bertz CT molecular complexity index is 507. The highest BCUT2D eigenvalue weighted by Crippen LogP contribution is 2.29. The number of hydrogen-bond acceptors (Lipinski definition) is 3. The van der Waals surface area contributed by atoms with Gasteiger partial charge in [0, 0.05) is 16.7 Å². The van der Waals surface area contributed by atoms with Crippen LogP contribution in [0.4, 0.5) is 5.69 Å². The summed E-state index contributed by atoms with van der Waals surface area (Å²) in [5.41, 5.74) is 1.64. The third kappa shape index (κ3) is 2.56. The van der Waals surface area contributed by atoms with Gasteiger partial charge < -0.3 is 4.90 Å². The summed E-state index contributed by atoms with van der Waals surface area (Å²) in [5, 5.41) is 8.91. The number of ketones is 1. The van der Waals surface area contributed by atoms with Crippen molar-refractivity contribution in [2.75, 3.05) is 11.4 Å². The molecule has 0 aliphatic carbocycles. The minimum absolute atomic E-state index is 0.0152. The van der Waals surface area contributed by atoms with E-state index in [9.17, 15) is 4.79 Å². The van der Waals surface area contributed by atoms with Crippen LogP contribution in [0.15, 0.2) is 22.7 Å². The van der Waals surface area contributed by atoms with Gasteiger partial charge in [-0.2, -0.15) is 5.26 Å². The van der Waals surface area contributed by atoms with E-state index in [0.29, 0.717) is 5.56 Å². The second-order valence-electron chi connectivity index (χ2n) is 4.59. The maximum Gasteiger partial charge on any atom is 0.152 e. The van der Waals surface area contributed by atoms with Crippen LogP contribution in [0.2, 0.25) is 0 Å². The van der Waals surface area contributed by atoms with Crippen molar-refractivity contribution in [2.24, 2.45) is 0 Å². The van der Waals surface area contributed by atoms with Gasteiger partial charge in [0.15, 0.2) is 5.78 Å². The second-order valence-corrected chi connectivity index (χ2v) is 5.45. The van der Waals surface area contributed by atoms with Crippen molar-refractivity contribution in [3.05, 3.63) is 28.2 Å². The van der Waals surface area contributed by atoms with Crippen molar-refractivity contribution >= 4 is 27.4 Å². The first-order valence-corrected chi connectivity index (χ1v) is 6.89. The summed E-state index contributed by atoms with van der Waals surface area (Å²) in [6.45, 7) is 2.56. The van der Waals surface area contributed by atoms with Crippen LogP contribution in [0.25, 0.3) is 0 Å². The van der Waals surface area contributed by atoms with Crippen molar-refractivity contribution < 1.29 is 4.79 Å². The highest BCUT2D eigenvalue weighted by atomic mass is 79.9. The molecular formula is C14H15BrN2O. The monoisotopic (exact) mass is 306 g/mol. The van der Waals surface area contributed by atoms with Crippen LogP contribution in [0, 0.1) is 11.3 Å². The number of nitriles is 1. The van der Waals surface area contributed by atoms with E-state index in [1.54, 1.807) is 13.0 Å². The molecular weight excluding hydrogens is 292 g/mol. The number of rotatable bonds is 2. The quantitative estimate of drug-likeness (QED) is 0.842. The Kier molecular flexibility index (Phi) is 4.03. The molecule has 1 aliphatic rings. The number of piperidine rings is 1. The van der Waals surface area contributed by atoms with Gasteiger partial charge in [-0.15, -0.1) is 0 Å². The normalized spacial score (nSPS) is 19.4. The largest absolute Gasteiger partial charge is 0.361 e. The molecule has 3 nitrogen and oxygen atoms in total. The summed E-state index contributed by atoms with van der Waals surface area (Å²) in [7, 11) is 0. The summed E-state index contributed by atoms with van der Waals surface area (Å²) in [6, 6.07) is 7.76. The van der Waals surface area contributed by atoms with Crippen LogP contribution in [-0.2, 0) is 4.79 Å². The number of anilines is 1. The molecule has 1 fully saturated rings. The lowest BCUT2D eigenvalue weighted by atomic mass is 9.98. The topological polar surface area (TPSA) is 44.1 Å². The minimum Gasteiger partial charge on any atom is -0.361 e. The molecule has 1 aliphatic heterocycles. The standard InChI is InChI=1S/C14H15BrN2O/c1-10(18)14-4-2-3-7-17(14)12-6-5-11(9-16)13(15)8-12/h5-6,8,14H,2-4,7H2,1H3. The minimum atomic E-state index is -0.0152. The van der Waals surface area contributed by atoms with Gasteiger partial charge in [0.1, 0.15) is 6.07 Å². The number of Topliss-reactive ketones (excluding diaryl/α,β-unsaturated/α-hetero) is 1. The predicted molar refractivity (Wildman–Crippen MR) is 74.5 cm³/mol. The molecule has 0 radical (unpaired) electrons. The fraction of sp³-hybridized carbons (Fsp3) is 0.429. The Hall–Kier alpha value is -1.34. The van der Waals surface area contributed by atoms with E-state index in [-0.39, 0.29) is 11.8 Å². The lowest BCUT2D eigenvalue weighted by molar-refractivity contribution is -0.118. The zero-order valence-electron chi connectivity index (χ0n) is 10.3. The molecule has 94 valence electrons. The van der Waals surface area contributed by atoms with Crippen molar-refractivity contribution in [2.45, 2.75) is 32.2 Å². The third-order valence-corrected chi connectivity index (χ3v) is 4.03. The number of benzene rings is 1. The highest BCUT2D eigenvalue weighted by Gasteiger charge is 2.26. The number of carbonyl (C=O) groups is 1. The van der Waals surface area contributed by atoms with Crippen LogP contribution in [0.3, 0.4) is 0 Å². The Morgan fingerprint density at radius 1 is 1.50 bits per heavy atom. The summed E-state index contributed by atoms with van der Waals surface area (Å²) >= 11 is 3.40. The molecule has 0 N–H and O–H groups in total. The molecule has 0 spiro atoms. The first kappa shape index (κ1) is 13.1. The highest BCUT2D eigenvalue weighted by molar-refractivity contribution is 9.10. The summed E-state index contributed by atoms with van der Waals surface area (Å²) in [4.78, 5) is 13.8. The van der Waals surface area contributed by atoms with Crippen LogP contribution < -0.4 is 4.90 Å². The first-order valence-electron chi connectivity index (χ1n) is 6.10. The number of hydrogen-bond donors (Lipinski definition) is 0. The van der Waals surface area contributed by atoms with Gasteiger partial charge in [-0.25, -0.2) is 0 Å². The molecule has 1 aromatic carbocycles. The van der Waals surface area contributed by atoms with Crippen LogP contribution in [0.1, 0.15) is 31.7 Å². The first-order chi connectivity index (χ1) is 8.63. The van der Waals surface area contributed by atoms with E-state index in [0.717, 1.165) is 36.0 Å². The van der Waals surface area contributed by atoms with E-state index in [4.69, 9.17) is 5.26 Å². The molecule has 4 heteroatoms. The Labute approximate surface area is 116 Å². The van der Waals surface area contributed by atoms with E-state index in [1.165, 1.54) is 0 Å². The van der Waals surface area contributed by atoms with Gasteiger partial charge in [-0.1, -0.05) is 0 Å². The smallest absolute Gasteiger partial charge is 0.152 e. The van der Waals surface area contributed by atoms with Gasteiger partial charge >= 0.3 is 0 Å². The zero-order chi connectivity index (χ0) is 13.1. The summed E-state index contributed by atoms with van der Waals surface area (Å²) in [6.07, 6.45) is 3.15.